The number of nitrogens with zero attached hydrogens (tertiary/aromatic N) is 2. The molecule has 0 amide bonds. The first-order valence-electron chi connectivity index (χ1n) is 6.57. The molecule has 1 aromatic carbocycles. The van der Waals surface area contributed by atoms with Gasteiger partial charge in [-0.15, -0.1) is 0 Å². The number of benzene rings is 1. The maximum Gasteiger partial charge on any atom is 0.0594 e. The minimum absolute atomic E-state index is 0.828. The number of hydrogen-bond acceptors (Lipinski definition) is 4. The summed E-state index contributed by atoms with van der Waals surface area (Å²) in [7, 11) is 2.16. The Hall–Kier alpha value is -1.10. The fourth-order valence-corrected chi connectivity index (χ4v) is 2.15. The van der Waals surface area contributed by atoms with Crippen molar-refractivity contribution < 1.29 is 4.74 Å². The maximum absolute atomic E-state index is 5.68. The van der Waals surface area contributed by atoms with E-state index in [0.29, 0.717) is 0 Å². The molecule has 0 unspecified atom stereocenters. The summed E-state index contributed by atoms with van der Waals surface area (Å²) in [6, 6.07) is 8.12. The normalized spacial score (nSPS) is 17.2. The highest BCUT2D eigenvalue weighted by Gasteiger charge is 2.10. The Bertz CT molecular complexity index is 347. The van der Waals surface area contributed by atoms with E-state index >= 15 is 0 Å². The second-order valence-electron chi connectivity index (χ2n) is 4.93. The molecule has 0 atom stereocenters. The molecule has 0 aliphatic carbocycles. The number of morpholine rings is 1. The number of ether oxygens (including phenoxy) is 1. The van der Waals surface area contributed by atoms with Gasteiger partial charge in [-0.2, -0.15) is 0 Å². The third-order valence-corrected chi connectivity index (χ3v) is 3.33. The van der Waals surface area contributed by atoms with Gasteiger partial charge in [0.2, 0.25) is 0 Å². The molecule has 2 rings (SSSR count). The number of nitrogens with two attached hydrogens (primary N) is 1. The molecule has 1 aliphatic heterocycles. The van der Waals surface area contributed by atoms with Crippen molar-refractivity contribution in [2.45, 2.75) is 6.54 Å². The number of nitrogen functional groups attached to an aromatic ring is 1. The standard InChI is InChI=1S/C14H23N3O/c1-16(6-7-17-8-10-18-11-9-17)12-13-2-4-14(15)5-3-13/h2-5H,6-12,15H2,1H3. The zero-order chi connectivity index (χ0) is 12.8. The van der Waals surface area contributed by atoms with Crippen molar-refractivity contribution in [1.29, 1.82) is 0 Å². The van der Waals surface area contributed by atoms with Gasteiger partial charge in [-0.3, -0.25) is 4.90 Å². The molecule has 1 aliphatic rings. The monoisotopic (exact) mass is 249 g/mol. The molecule has 0 radical (unpaired) electrons. The van der Waals surface area contributed by atoms with E-state index in [1.807, 2.05) is 12.1 Å². The number of anilines is 1. The first-order valence-corrected chi connectivity index (χ1v) is 6.57. The maximum atomic E-state index is 5.68. The molecular formula is C14H23N3O. The van der Waals surface area contributed by atoms with Crippen LogP contribution in [-0.4, -0.2) is 56.2 Å². The molecule has 0 aromatic heterocycles. The highest BCUT2D eigenvalue weighted by molar-refractivity contribution is 5.39. The van der Waals surface area contributed by atoms with E-state index < -0.39 is 0 Å². The molecule has 1 heterocycles. The summed E-state index contributed by atoms with van der Waals surface area (Å²) in [5.74, 6) is 0. The topological polar surface area (TPSA) is 41.7 Å². The minimum atomic E-state index is 0.828. The largest absolute Gasteiger partial charge is 0.399 e. The second-order valence-corrected chi connectivity index (χ2v) is 4.93. The molecule has 1 fully saturated rings. The molecular weight excluding hydrogens is 226 g/mol. The van der Waals surface area contributed by atoms with Gasteiger partial charge in [0, 0.05) is 38.4 Å². The van der Waals surface area contributed by atoms with Crippen LogP contribution in [0.25, 0.3) is 0 Å². The summed E-state index contributed by atoms with van der Waals surface area (Å²) in [6.07, 6.45) is 0. The smallest absolute Gasteiger partial charge is 0.0594 e. The van der Waals surface area contributed by atoms with Crippen LogP contribution in [-0.2, 0) is 11.3 Å². The van der Waals surface area contributed by atoms with Crippen LogP contribution >= 0.6 is 0 Å². The molecule has 0 saturated carbocycles. The van der Waals surface area contributed by atoms with Gasteiger partial charge in [-0.1, -0.05) is 12.1 Å². The summed E-state index contributed by atoms with van der Waals surface area (Å²) >= 11 is 0. The average Bonchev–Trinajstić information content (AvgIpc) is 2.40. The molecule has 18 heavy (non-hydrogen) atoms. The summed E-state index contributed by atoms with van der Waals surface area (Å²) in [6.45, 7) is 7.07. The lowest BCUT2D eigenvalue weighted by atomic mass is 10.2. The van der Waals surface area contributed by atoms with Crippen molar-refractivity contribution in [2.24, 2.45) is 0 Å². The van der Waals surface area contributed by atoms with Gasteiger partial charge in [0.15, 0.2) is 0 Å². The average molecular weight is 249 g/mol. The van der Waals surface area contributed by atoms with Gasteiger partial charge in [-0.25, -0.2) is 0 Å². The summed E-state index contributed by atoms with van der Waals surface area (Å²) in [4.78, 5) is 4.81. The Kier molecular flexibility index (Phi) is 4.99. The number of likely N-dealkylation sites (N-methyl/N-ethyl adjacent to an activating group) is 1. The molecule has 100 valence electrons. The molecule has 1 aromatic rings. The highest BCUT2D eigenvalue weighted by atomic mass is 16.5. The highest BCUT2D eigenvalue weighted by Crippen LogP contribution is 2.07. The molecule has 4 heteroatoms. The lowest BCUT2D eigenvalue weighted by Gasteiger charge is -2.28. The second kappa shape index (κ2) is 6.73. The van der Waals surface area contributed by atoms with Gasteiger partial charge >= 0.3 is 0 Å². The molecule has 0 spiro atoms. The van der Waals surface area contributed by atoms with Crippen LogP contribution < -0.4 is 5.73 Å². The van der Waals surface area contributed by atoms with Crippen molar-refractivity contribution in [3.05, 3.63) is 29.8 Å². The number of hydrogen-bond donors (Lipinski definition) is 1. The molecule has 2 N–H and O–H groups in total. The third kappa shape index (κ3) is 4.29. The van der Waals surface area contributed by atoms with Crippen molar-refractivity contribution >= 4 is 5.69 Å². The summed E-state index contributed by atoms with van der Waals surface area (Å²) in [5.41, 5.74) is 7.82. The van der Waals surface area contributed by atoms with Gasteiger partial charge in [-0.05, 0) is 24.7 Å². The lowest BCUT2D eigenvalue weighted by Crippen LogP contribution is -2.40. The predicted molar refractivity (Wildman–Crippen MR) is 74.4 cm³/mol. The van der Waals surface area contributed by atoms with Crippen LogP contribution in [0.2, 0.25) is 0 Å². The van der Waals surface area contributed by atoms with E-state index in [1.54, 1.807) is 0 Å². The predicted octanol–water partition coefficient (Wildman–Crippen LogP) is 1.03. The quantitative estimate of drug-likeness (QED) is 0.792. The number of rotatable bonds is 5. The van der Waals surface area contributed by atoms with E-state index in [0.717, 1.165) is 51.6 Å². The summed E-state index contributed by atoms with van der Waals surface area (Å²) < 4.78 is 5.35. The van der Waals surface area contributed by atoms with Crippen LogP contribution in [0.3, 0.4) is 0 Å². The van der Waals surface area contributed by atoms with Crippen LogP contribution in [0.5, 0.6) is 0 Å². The van der Waals surface area contributed by atoms with Crippen molar-refractivity contribution in [2.75, 3.05) is 52.2 Å². The Morgan fingerprint density at radius 2 is 1.89 bits per heavy atom. The zero-order valence-corrected chi connectivity index (χ0v) is 11.1. The van der Waals surface area contributed by atoms with Gasteiger partial charge in [0.25, 0.3) is 0 Å². The van der Waals surface area contributed by atoms with Crippen LogP contribution in [0.4, 0.5) is 5.69 Å². The summed E-state index contributed by atoms with van der Waals surface area (Å²) in [5, 5.41) is 0. The Morgan fingerprint density at radius 3 is 2.56 bits per heavy atom. The lowest BCUT2D eigenvalue weighted by molar-refractivity contribution is 0.0342. The van der Waals surface area contributed by atoms with Gasteiger partial charge < -0.3 is 15.4 Å². The molecule has 0 bridgehead atoms. The minimum Gasteiger partial charge on any atom is -0.399 e. The van der Waals surface area contributed by atoms with Gasteiger partial charge in [0.05, 0.1) is 13.2 Å². The fraction of sp³-hybridized carbons (Fsp3) is 0.571. The van der Waals surface area contributed by atoms with E-state index in [-0.39, 0.29) is 0 Å². The van der Waals surface area contributed by atoms with Gasteiger partial charge in [0.1, 0.15) is 0 Å². The first kappa shape index (κ1) is 13.3. The van der Waals surface area contributed by atoms with Crippen molar-refractivity contribution in [1.82, 2.24) is 9.80 Å². The van der Waals surface area contributed by atoms with E-state index in [9.17, 15) is 0 Å². The van der Waals surface area contributed by atoms with Crippen LogP contribution in [0.1, 0.15) is 5.56 Å². The van der Waals surface area contributed by atoms with Crippen LogP contribution in [0.15, 0.2) is 24.3 Å². The third-order valence-electron chi connectivity index (χ3n) is 3.33. The zero-order valence-electron chi connectivity index (χ0n) is 11.1. The SMILES string of the molecule is CN(CCN1CCOCC1)Cc1ccc(N)cc1. The van der Waals surface area contributed by atoms with Crippen LogP contribution in [0, 0.1) is 0 Å². The van der Waals surface area contributed by atoms with Crippen molar-refractivity contribution in [3.8, 4) is 0 Å². The fourth-order valence-electron chi connectivity index (χ4n) is 2.15. The van der Waals surface area contributed by atoms with E-state index in [1.165, 1.54) is 5.56 Å². The van der Waals surface area contributed by atoms with Crippen molar-refractivity contribution in [3.63, 3.8) is 0 Å². The van der Waals surface area contributed by atoms with E-state index in [4.69, 9.17) is 10.5 Å². The Morgan fingerprint density at radius 1 is 1.22 bits per heavy atom. The molecule has 4 nitrogen and oxygen atoms in total. The van der Waals surface area contributed by atoms with E-state index in [2.05, 4.69) is 29.0 Å². The Balaban J connectivity index is 1.71. The first-order chi connectivity index (χ1) is 8.74. The Labute approximate surface area is 109 Å². The molecule has 1 saturated heterocycles.